The van der Waals surface area contributed by atoms with Crippen LogP contribution in [0.3, 0.4) is 0 Å². The molecule has 0 aliphatic carbocycles. The first kappa shape index (κ1) is 25.8. The SMILES string of the molecule is CC(C)C[C@H](NC(=O)[C@@H](N)Cc1ccc(O)cc1)C(=O)N[C@@H](Cc1c[nH]c2ccccc12)C(=O)O. The van der Waals surface area contributed by atoms with Crippen molar-refractivity contribution in [1.29, 1.82) is 0 Å². The molecule has 1 heterocycles. The minimum Gasteiger partial charge on any atom is -0.508 e. The first-order valence-electron chi connectivity index (χ1n) is 11.6. The van der Waals surface area contributed by atoms with Gasteiger partial charge < -0.3 is 31.6 Å². The molecule has 0 spiro atoms. The van der Waals surface area contributed by atoms with Gasteiger partial charge in [0.25, 0.3) is 0 Å². The van der Waals surface area contributed by atoms with Crippen LogP contribution in [-0.2, 0) is 27.2 Å². The van der Waals surface area contributed by atoms with E-state index in [1.807, 2.05) is 38.1 Å². The number of carboxylic acid groups (broad SMARTS) is 1. The smallest absolute Gasteiger partial charge is 0.326 e. The molecule has 0 aliphatic rings. The summed E-state index contributed by atoms with van der Waals surface area (Å²) in [6.45, 7) is 3.81. The number of aromatic nitrogens is 1. The number of amides is 2. The number of carbonyl (C=O) groups excluding carboxylic acids is 2. The number of aromatic hydroxyl groups is 1. The summed E-state index contributed by atoms with van der Waals surface area (Å²) in [6.07, 6.45) is 2.37. The molecule has 7 N–H and O–H groups in total. The van der Waals surface area contributed by atoms with Gasteiger partial charge in [0.15, 0.2) is 0 Å². The highest BCUT2D eigenvalue weighted by molar-refractivity contribution is 5.92. The molecule has 3 aromatic rings. The summed E-state index contributed by atoms with van der Waals surface area (Å²) in [6, 6.07) is 10.9. The van der Waals surface area contributed by atoms with Gasteiger partial charge >= 0.3 is 5.97 Å². The van der Waals surface area contributed by atoms with Gasteiger partial charge in [-0.25, -0.2) is 4.79 Å². The van der Waals surface area contributed by atoms with Crippen molar-refractivity contribution in [2.45, 2.75) is 51.2 Å². The largest absolute Gasteiger partial charge is 0.508 e. The molecular weight excluding hydrogens is 448 g/mol. The standard InChI is InChI=1S/C26H32N4O5/c1-15(2)11-22(29-24(32)20(27)12-16-7-9-18(31)10-8-16)25(33)30-23(26(34)35)13-17-14-28-21-6-4-3-5-19(17)21/h3-10,14-15,20,22-23,28,31H,11-13,27H2,1-2H3,(H,29,32)(H,30,33)(H,34,35)/t20-,22-,23-/m0/s1. The molecule has 0 saturated carbocycles. The number of aliphatic carboxylic acids is 1. The van der Waals surface area contributed by atoms with Crippen molar-refractivity contribution in [1.82, 2.24) is 15.6 Å². The molecule has 0 bridgehead atoms. The Balaban J connectivity index is 1.68. The zero-order chi connectivity index (χ0) is 25.5. The summed E-state index contributed by atoms with van der Waals surface area (Å²) in [4.78, 5) is 40.9. The number of rotatable bonds is 11. The van der Waals surface area contributed by atoms with Gasteiger partial charge in [0.1, 0.15) is 17.8 Å². The number of benzene rings is 2. The van der Waals surface area contributed by atoms with Gasteiger partial charge in [-0.15, -0.1) is 0 Å². The average molecular weight is 481 g/mol. The molecule has 2 amide bonds. The number of H-pyrrole nitrogens is 1. The molecule has 0 unspecified atom stereocenters. The molecule has 9 heteroatoms. The quantitative estimate of drug-likeness (QED) is 0.247. The fraction of sp³-hybridized carbons (Fsp3) is 0.346. The zero-order valence-corrected chi connectivity index (χ0v) is 19.8. The number of nitrogens with one attached hydrogen (secondary N) is 3. The van der Waals surface area contributed by atoms with Crippen molar-refractivity contribution in [3.8, 4) is 5.75 Å². The van der Waals surface area contributed by atoms with E-state index in [2.05, 4.69) is 15.6 Å². The maximum Gasteiger partial charge on any atom is 0.326 e. The predicted octanol–water partition coefficient (Wildman–Crippen LogP) is 2.09. The maximum absolute atomic E-state index is 13.1. The van der Waals surface area contributed by atoms with Gasteiger partial charge in [-0.2, -0.15) is 0 Å². The molecule has 2 aromatic carbocycles. The normalized spacial score (nSPS) is 13.8. The minimum absolute atomic E-state index is 0.0660. The molecule has 35 heavy (non-hydrogen) atoms. The third-order valence-corrected chi connectivity index (χ3v) is 5.78. The van der Waals surface area contributed by atoms with Crippen molar-refractivity contribution < 1.29 is 24.6 Å². The Hall–Kier alpha value is -3.85. The predicted molar refractivity (Wildman–Crippen MR) is 133 cm³/mol. The molecule has 9 nitrogen and oxygen atoms in total. The van der Waals surface area contributed by atoms with Crippen LogP contribution in [-0.4, -0.2) is 51.1 Å². The van der Waals surface area contributed by atoms with E-state index in [1.54, 1.807) is 18.3 Å². The average Bonchev–Trinajstić information content (AvgIpc) is 3.22. The van der Waals surface area contributed by atoms with Gasteiger partial charge in [-0.05, 0) is 48.1 Å². The van der Waals surface area contributed by atoms with E-state index >= 15 is 0 Å². The van der Waals surface area contributed by atoms with E-state index in [0.717, 1.165) is 22.0 Å². The summed E-state index contributed by atoms with van der Waals surface area (Å²) in [7, 11) is 0. The molecule has 186 valence electrons. The highest BCUT2D eigenvalue weighted by Gasteiger charge is 2.29. The number of fused-ring (bicyclic) bond motifs is 1. The second-order valence-electron chi connectivity index (χ2n) is 9.13. The lowest BCUT2D eigenvalue weighted by atomic mass is 10.00. The number of aromatic amines is 1. The Morgan fingerprint density at radius 2 is 1.60 bits per heavy atom. The summed E-state index contributed by atoms with van der Waals surface area (Å²) < 4.78 is 0. The van der Waals surface area contributed by atoms with Crippen LogP contribution in [0.2, 0.25) is 0 Å². The number of phenolic OH excluding ortho intramolecular Hbond substituents is 1. The van der Waals surface area contributed by atoms with Crippen LogP contribution < -0.4 is 16.4 Å². The summed E-state index contributed by atoms with van der Waals surface area (Å²) in [5.74, 6) is -2.07. The lowest BCUT2D eigenvalue weighted by Crippen LogP contribution is -2.55. The van der Waals surface area contributed by atoms with Gasteiger partial charge in [0.05, 0.1) is 6.04 Å². The van der Waals surface area contributed by atoms with Gasteiger partial charge in [0.2, 0.25) is 11.8 Å². The van der Waals surface area contributed by atoms with Crippen LogP contribution in [0.25, 0.3) is 10.9 Å². The second-order valence-corrected chi connectivity index (χ2v) is 9.13. The molecule has 0 radical (unpaired) electrons. The molecule has 0 aliphatic heterocycles. The summed E-state index contributed by atoms with van der Waals surface area (Å²) >= 11 is 0. The van der Waals surface area contributed by atoms with Crippen LogP contribution in [0, 0.1) is 5.92 Å². The van der Waals surface area contributed by atoms with Crippen LogP contribution in [0.1, 0.15) is 31.4 Å². The Bertz CT molecular complexity index is 1170. The third kappa shape index (κ3) is 7.07. The number of hydrogen-bond donors (Lipinski definition) is 6. The van der Waals surface area contributed by atoms with E-state index in [1.165, 1.54) is 12.1 Å². The number of carbonyl (C=O) groups is 3. The third-order valence-electron chi connectivity index (χ3n) is 5.78. The minimum atomic E-state index is -1.17. The highest BCUT2D eigenvalue weighted by Crippen LogP contribution is 2.19. The Labute approximate surface area is 203 Å². The lowest BCUT2D eigenvalue weighted by molar-refractivity contribution is -0.142. The molecular formula is C26H32N4O5. The molecule has 3 atom stereocenters. The molecule has 1 aromatic heterocycles. The fourth-order valence-electron chi connectivity index (χ4n) is 3.95. The van der Waals surface area contributed by atoms with E-state index in [-0.39, 0.29) is 24.5 Å². The lowest BCUT2D eigenvalue weighted by Gasteiger charge is -2.24. The van der Waals surface area contributed by atoms with Crippen LogP contribution in [0.15, 0.2) is 54.7 Å². The topological polar surface area (TPSA) is 158 Å². The van der Waals surface area contributed by atoms with Crippen molar-refractivity contribution in [3.63, 3.8) is 0 Å². The number of carboxylic acids is 1. The molecule has 3 rings (SSSR count). The number of nitrogens with two attached hydrogens (primary N) is 1. The summed E-state index contributed by atoms with van der Waals surface area (Å²) in [5, 5.41) is 25.3. The first-order valence-corrected chi connectivity index (χ1v) is 11.6. The van der Waals surface area contributed by atoms with E-state index in [0.29, 0.717) is 6.42 Å². The van der Waals surface area contributed by atoms with Crippen LogP contribution in [0.5, 0.6) is 5.75 Å². The zero-order valence-electron chi connectivity index (χ0n) is 19.8. The molecule has 0 saturated heterocycles. The van der Waals surface area contributed by atoms with Crippen LogP contribution in [0.4, 0.5) is 0 Å². The number of phenols is 1. The van der Waals surface area contributed by atoms with Gasteiger partial charge in [-0.3, -0.25) is 9.59 Å². The Morgan fingerprint density at radius 1 is 0.943 bits per heavy atom. The monoisotopic (exact) mass is 480 g/mol. The highest BCUT2D eigenvalue weighted by atomic mass is 16.4. The first-order chi connectivity index (χ1) is 16.6. The van der Waals surface area contributed by atoms with Gasteiger partial charge in [-0.1, -0.05) is 44.2 Å². The fourth-order valence-corrected chi connectivity index (χ4v) is 3.95. The van der Waals surface area contributed by atoms with E-state index < -0.39 is 35.9 Å². The Morgan fingerprint density at radius 3 is 2.26 bits per heavy atom. The van der Waals surface area contributed by atoms with Crippen LogP contribution >= 0.6 is 0 Å². The van der Waals surface area contributed by atoms with E-state index in [4.69, 9.17) is 5.73 Å². The summed E-state index contributed by atoms with van der Waals surface area (Å²) in [5.41, 5.74) is 8.47. The van der Waals surface area contributed by atoms with Gasteiger partial charge in [0, 0.05) is 23.5 Å². The molecule has 0 fully saturated rings. The second kappa shape index (κ2) is 11.5. The Kier molecular flexibility index (Phi) is 8.48. The number of para-hydroxylation sites is 1. The number of hydrogen-bond acceptors (Lipinski definition) is 5. The van der Waals surface area contributed by atoms with Crippen molar-refractivity contribution in [2.24, 2.45) is 11.7 Å². The van der Waals surface area contributed by atoms with Crippen molar-refractivity contribution in [2.75, 3.05) is 0 Å². The maximum atomic E-state index is 13.1. The van der Waals surface area contributed by atoms with Crippen molar-refractivity contribution >= 4 is 28.7 Å². The van der Waals surface area contributed by atoms with Crippen molar-refractivity contribution in [3.05, 3.63) is 65.9 Å². The van der Waals surface area contributed by atoms with E-state index in [9.17, 15) is 24.6 Å².